The van der Waals surface area contributed by atoms with Crippen LogP contribution in [0.25, 0.3) is 0 Å². The third kappa shape index (κ3) is 37.8. The molecule has 0 bridgehead atoms. The van der Waals surface area contributed by atoms with Crippen LogP contribution in [0.2, 0.25) is 0 Å². The normalized spacial score (nSPS) is 12.0. The Hall–Kier alpha value is -1.06. The summed E-state index contributed by atoms with van der Waals surface area (Å²) in [6.07, 6.45) is 45.3. The summed E-state index contributed by atoms with van der Waals surface area (Å²) in [6.45, 7) is 7.37. The number of hydrogen-bond acceptors (Lipinski definition) is 4. The Morgan fingerprint density at radius 3 is 1.04 bits per heavy atom. The molecule has 0 aromatic rings. The predicted molar refractivity (Wildman–Crippen MR) is 209 cm³/mol. The zero-order chi connectivity index (χ0) is 35.0. The van der Waals surface area contributed by atoms with Gasteiger partial charge < -0.3 is 9.47 Å². The fourth-order valence-corrected chi connectivity index (χ4v) is 6.79. The van der Waals surface area contributed by atoms with Crippen molar-refractivity contribution in [3.8, 4) is 0 Å². The van der Waals surface area contributed by atoms with Crippen molar-refractivity contribution >= 4 is 11.9 Å². The maximum atomic E-state index is 12.6. The van der Waals surface area contributed by atoms with E-state index in [9.17, 15) is 9.59 Å². The number of carbonyl (C=O) groups is 2. The Balaban J connectivity index is 3.78. The molecule has 0 heterocycles. The first-order chi connectivity index (χ1) is 23.6. The molecule has 4 nitrogen and oxygen atoms in total. The first-order valence-electron chi connectivity index (χ1n) is 22.0. The van der Waals surface area contributed by atoms with Crippen molar-refractivity contribution in [2.75, 3.05) is 6.61 Å². The van der Waals surface area contributed by atoms with E-state index in [2.05, 4.69) is 20.8 Å². The summed E-state index contributed by atoms with van der Waals surface area (Å²) >= 11 is 0. The molecule has 0 aliphatic carbocycles. The standard InChI is InChI=1S/C44H86O4/c1-4-7-10-13-15-16-17-18-19-20-21-22-27-30-35-40-44(46)48-42(37-32-12-9-6-3)38-33-28-25-23-24-26-29-34-39-43(45)47-41-36-31-14-11-8-5-2/h42H,4-41H2,1-3H3. The fourth-order valence-electron chi connectivity index (χ4n) is 6.79. The molecule has 286 valence electrons. The van der Waals surface area contributed by atoms with Crippen LogP contribution in [0.4, 0.5) is 0 Å². The van der Waals surface area contributed by atoms with Gasteiger partial charge in [0.2, 0.25) is 0 Å². The second kappa shape index (κ2) is 40.4. The second-order valence-electron chi connectivity index (χ2n) is 15.0. The number of ether oxygens (including phenoxy) is 2. The van der Waals surface area contributed by atoms with Crippen LogP contribution >= 0.6 is 0 Å². The van der Waals surface area contributed by atoms with Crippen LogP contribution in [-0.2, 0) is 19.1 Å². The lowest BCUT2D eigenvalue weighted by atomic mass is 10.0. The van der Waals surface area contributed by atoms with Crippen LogP contribution in [-0.4, -0.2) is 24.6 Å². The number of esters is 2. The molecule has 0 aliphatic rings. The number of unbranched alkanes of at least 4 members (excludes halogenated alkanes) is 29. The van der Waals surface area contributed by atoms with E-state index in [1.165, 1.54) is 173 Å². The molecule has 0 saturated carbocycles. The van der Waals surface area contributed by atoms with Crippen molar-refractivity contribution in [1.29, 1.82) is 0 Å². The maximum Gasteiger partial charge on any atom is 0.306 e. The quantitative estimate of drug-likeness (QED) is 0.0478. The van der Waals surface area contributed by atoms with Crippen molar-refractivity contribution in [2.45, 2.75) is 264 Å². The van der Waals surface area contributed by atoms with Crippen molar-refractivity contribution in [3.05, 3.63) is 0 Å². The van der Waals surface area contributed by atoms with Gasteiger partial charge in [0.15, 0.2) is 0 Å². The van der Waals surface area contributed by atoms with Crippen molar-refractivity contribution < 1.29 is 19.1 Å². The SMILES string of the molecule is CCCCCCCCCCCCCCCCCC(=O)OC(CCCCCC)CCCCCCCCCCC(=O)OCCCCCCCC. The molecule has 48 heavy (non-hydrogen) atoms. The van der Waals surface area contributed by atoms with E-state index >= 15 is 0 Å². The average molecular weight is 679 g/mol. The molecule has 0 aromatic carbocycles. The molecule has 0 N–H and O–H groups in total. The van der Waals surface area contributed by atoms with Gasteiger partial charge in [0.1, 0.15) is 6.10 Å². The Bertz CT molecular complexity index is 648. The highest BCUT2D eigenvalue weighted by Crippen LogP contribution is 2.19. The minimum atomic E-state index is -0.0108. The molecule has 0 saturated heterocycles. The zero-order valence-electron chi connectivity index (χ0n) is 33.1. The smallest absolute Gasteiger partial charge is 0.306 e. The van der Waals surface area contributed by atoms with Gasteiger partial charge in [0.25, 0.3) is 0 Å². The highest BCUT2D eigenvalue weighted by Gasteiger charge is 2.14. The van der Waals surface area contributed by atoms with Crippen LogP contribution in [0.3, 0.4) is 0 Å². The minimum Gasteiger partial charge on any atom is -0.466 e. The molecule has 0 spiro atoms. The van der Waals surface area contributed by atoms with E-state index in [0.717, 1.165) is 51.4 Å². The lowest BCUT2D eigenvalue weighted by Gasteiger charge is -2.18. The summed E-state index contributed by atoms with van der Waals surface area (Å²) < 4.78 is 11.4. The molecular formula is C44H86O4. The van der Waals surface area contributed by atoms with E-state index in [1.54, 1.807) is 0 Å². The second-order valence-corrected chi connectivity index (χ2v) is 15.0. The van der Waals surface area contributed by atoms with Gasteiger partial charge in [-0.05, 0) is 44.9 Å². The van der Waals surface area contributed by atoms with E-state index in [1.807, 2.05) is 0 Å². The molecule has 1 unspecified atom stereocenters. The molecule has 0 rings (SSSR count). The van der Waals surface area contributed by atoms with Gasteiger partial charge in [0.05, 0.1) is 6.61 Å². The topological polar surface area (TPSA) is 52.6 Å². The van der Waals surface area contributed by atoms with Crippen molar-refractivity contribution in [2.24, 2.45) is 0 Å². The molecule has 0 radical (unpaired) electrons. The van der Waals surface area contributed by atoms with Crippen LogP contribution in [0, 0.1) is 0 Å². The average Bonchev–Trinajstić information content (AvgIpc) is 3.08. The van der Waals surface area contributed by atoms with E-state index in [0.29, 0.717) is 19.4 Å². The Morgan fingerprint density at radius 2 is 0.646 bits per heavy atom. The van der Waals surface area contributed by atoms with Gasteiger partial charge in [-0.3, -0.25) is 9.59 Å². The predicted octanol–water partition coefficient (Wildman–Crippen LogP) is 14.9. The van der Waals surface area contributed by atoms with Crippen LogP contribution in [0.15, 0.2) is 0 Å². The first-order valence-corrected chi connectivity index (χ1v) is 22.0. The largest absolute Gasteiger partial charge is 0.466 e. The van der Waals surface area contributed by atoms with Gasteiger partial charge in [-0.15, -0.1) is 0 Å². The van der Waals surface area contributed by atoms with Gasteiger partial charge >= 0.3 is 11.9 Å². The lowest BCUT2D eigenvalue weighted by Crippen LogP contribution is -2.18. The molecule has 0 aromatic heterocycles. The fraction of sp³-hybridized carbons (Fsp3) is 0.955. The van der Waals surface area contributed by atoms with Crippen molar-refractivity contribution in [1.82, 2.24) is 0 Å². The lowest BCUT2D eigenvalue weighted by molar-refractivity contribution is -0.150. The Kier molecular flexibility index (Phi) is 39.5. The number of rotatable bonds is 40. The zero-order valence-corrected chi connectivity index (χ0v) is 33.1. The highest BCUT2D eigenvalue weighted by atomic mass is 16.5. The molecule has 0 fully saturated rings. The first kappa shape index (κ1) is 46.9. The van der Waals surface area contributed by atoms with Crippen molar-refractivity contribution in [3.63, 3.8) is 0 Å². The third-order valence-corrected chi connectivity index (χ3v) is 10.1. The van der Waals surface area contributed by atoms with Gasteiger partial charge in [0, 0.05) is 12.8 Å². The third-order valence-electron chi connectivity index (χ3n) is 10.1. The van der Waals surface area contributed by atoms with Crippen LogP contribution in [0.1, 0.15) is 258 Å². The summed E-state index contributed by atoms with van der Waals surface area (Å²) in [5.74, 6) is 0.0276. The summed E-state index contributed by atoms with van der Waals surface area (Å²) in [4.78, 5) is 24.6. The summed E-state index contributed by atoms with van der Waals surface area (Å²) in [6, 6.07) is 0. The summed E-state index contributed by atoms with van der Waals surface area (Å²) in [5.41, 5.74) is 0. The highest BCUT2D eigenvalue weighted by molar-refractivity contribution is 5.69. The monoisotopic (exact) mass is 679 g/mol. The maximum absolute atomic E-state index is 12.6. The minimum absolute atomic E-state index is 0.0108. The Morgan fingerprint density at radius 1 is 0.354 bits per heavy atom. The summed E-state index contributed by atoms with van der Waals surface area (Å²) in [5, 5.41) is 0. The van der Waals surface area contributed by atoms with Crippen LogP contribution < -0.4 is 0 Å². The molecule has 0 amide bonds. The van der Waals surface area contributed by atoms with Gasteiger partial charge in [-0.1, -0.05) is 201 Å². The van der Waals surface area contributed by atoms with Crippen LogP contribution in [0.5, 0.6) is 0 Å². The summed E-state index contributed by atoms with van der Waals surface area (Å²) in [7, 11) is 0. The van der Waals surface area contributed by atoms with E-state index in [4.69, 9.17) is 9.47 Å². The van der Waals surface area contributed by atoms with E-state index < -0.39 is 0 Å². The molecule has 0 aliphatic heterocycles. The number of hydrogen-bond donors (Lipinski definition) is 0. The molecular weight excluding hydrogens is 592 g/mol. The van der Waals surface area contributed by atoms with Gasteiger partial charge in [-0.25, -0.2) is 0 Å². The number of carbonyl (C=O) groups excluding carboxylic acids is 2. The molecule has 4 heteroatoms. The van der Waals surface area contributed by atoms with E-state index in [-0.39, 0.29) is 18.0 Å². The Labute approximate surface area is 301 Å². The van der Waals surface area contributed by atoms with Gasteiger partial charge in [-0.2, -0.15) is 0 Å². The molecule has 1 atom stereocenters.